The van der Waals surface area contributed by atoms with Gasteiger partial charge in [0, 0.05) is 22.3 Å². The maximum absolute atomic E-state index is 11.6. The number of pyridine rings is 1. The van der Waals surface area contributed by atoms with E-state index in [2.05, 4.69) is 10.3 Å². The van der Waals surface area contributed by atoms with Crippen molar-refractivity contribution in [1.82, 2.24) is 4.98 Å². The molecule has 0 atom stereocenters. The van der Waals surface area contributed by atoms with Gasteiger partial charge in [-0.3, -0.25) is 4.98 Å². The third-order valence-electron chi connectivity index (χ3n) is 3.78. The van der Waals surface area contributed by atoms with Gasteiger partial charge in [0.05, 0.1) is 11.2 Å². The first kappa shape index (κ1) is 18.0. The number of rotatable bonds is 3. The van der Waals surface area contributed by atoms with Crippen LogP contribution in [0.1, 0.15) is 21.5 Å². The molecule has 0 fully saturated rings. The van der Waals surface area contributed by atoms with Gasteiger partial charge in [-0.05, 0) is 43.7 Å². The lowest BCUT2D eigenvalue weighted by molar-refractivity contribution is 0.0697. The number of anilines is 2. The number of aromatic nitrogens is 1. The molecule has 2 N–H and O–H groups in total. The summed E-state index contributed by atoms with van der Waals surface area (Å²) in [5, 5.41) is 14.0. The van der Waals surface area contributed by atoms with Crippen LogP contribution >= 0.6 is 24.0 Å². The maximum atomic E-state index is 11.6. The predicted molar refractivity (Wildman–Crippen MR) is 100 cm³/mol. The highest BCUT2D eigenvalue weighted by Gasteiger charge is 2.16. The standard InChI is InChI=1S/C18H15ClN2O2.ClH/c1-10-3-5-12(6-4-10)21-17-13-7-8-15(19)11(2)16(13)20-9-14(17)18(22)23;/h3-9H,1-2H3,(H,20,21)(H,22,23);1H. The number of nitrogens with zero attached hydrogens (tertiary/aromatic N) is 1. The van der Waals surface area contributed by atoms with Crippen LogP contribution in [0.25, 0.3) is 10.9 Å². The summed E-state index contributed by atoms with van der Waals surface area (Å²) in [6.07, 6.45) is 1.37. The fourth-order valence-electron chi connectivity index (χ4n) is 2.46. The maximum Gasteiger partial charge on any atom is 0.339 e. The lowest BCUT2D eigenvalue weighted by atomic mass is 10.1. The summed E-state index contributed by atoms with van der Waals surface area (Å²) in [6.45, 7) is 3.87. The number of carboxylic acids is 1. The average molecular weight is 363 g/mol. The summed E-state index contributed by atoms with van der Waals surface area (Å²) in [7, 11) is 0. The van der Waals surface area contributed by atoms with E-state index in [4.69, 9.17) is 11.6 Å². The van der Waals surface area contributed by atoms with E-state index < -0.39 is 5.97 Å². The second kappa shape index (κ2) is 7.07. The smallest absolute Gasteiger partial charge is 0.339 e. The van der Waals surface area contributed by atoms with Gasteiger partial charge in [0.15, 0.2) is 0 Å². The van der Waals surface area contributed by atoms with Crippen LogP contribution in [0.5, 0.6) is 0 Å². The lowest BCUT2D eigenvalue weighted by Crippen LogP contribution is -2.05. The molecule has 6 heteroatoms. The van der Waals surface area contributed by atoms with Gasteiger partial charge in [0.25, 0.3) is 0 Å². The van der Waals surface area contributed by atoms with E-state index >= 15 is 0 Å². The Balaban J connectivity index is 0.00000208. The number of hydrogen-bond acceptors (Lipinski definition) is 3. The van der Waals surface area contributed by atoms with Gasteiger partial charge in [0.2, 0.25) is 0 Å². The molecular weight excluding hydrogens is 347 g/mol. The van der Waals surface area contributed by atoms with E-state index in [1.807, 2.05) is 38.1 Å². The molecule has 1 aromatic heterocycles. The zero-order valence-electron chi connectivity index (χ0n) is 13.1. The molecule has 0 saturated heterocycles. The Bertz CT molecular complexity index is 909. The van der Waals surface area contributed by atoms with Gasteiger partial charge in [-0.1, -0.05) is 29.3 Å². The Hall–Kier alpha value is -2.30. The van der Waals surface area contributed by atoms with Gasteiger partial charge in [-0.25, -0.2) is 4.79 Å². The van der Waals surface area contributed by atoms with Crippen molar-refractivity contribution in [2.75, 3.05) is 5.32 Å². The van der Waals surface area contributed by atoms with Crippen LogP contribution in [-0.2, 0) is 0 Å². The van der Waals surface area contributed by atoms with Crippen molar-refractivity contribution in [3.63, 3.8) is 0 Å². The normalized spacial score (nSPS) is 10.3. The fraction of sp³-hybridized carbons (Fsp3) is 0.111. The molecule has 0 unspecified atom stereocenters. The molecule has 0 spiro atoms. The van der Waals surface area contributed by atoms with E-state index in [0.717, 1.165) is 22.2 Å². The third-order valence-corrected chi connectivity index (χ3v) is 4.19. The minimum Gasteiger partial charge on any atom is -0.478 e. The molecule has 124 valence electrons. The van der Waals surface area contributed by atoms with Crippen molar-refractivity contribution >= 4 is 52.3 Å². The van der Waals surface area contributed by atoms with Crippen molar-refractivity contribution in [1.29, 1.82) is 0 Å². The van der Waals surface area contributed by atoms with Crippen LogP contribution in [0.3, 0.4) is 0 Å². The summed E-state index contributed by atoms with van der Waals surface area (Å²) < 4.78 is 0. The van der Waals surface area contributed by atoms with Crippen molar-refractivity contribution in [2.24, 2.45) is 0 Å². The molecule has 0 aliphatic rings. The minimum absolute atomic E-state index is 0. The van der Waals surface area contributed by atoms with Crippen LogP contribution in [0.2, 0.25) is 5.02 Å². The molecule has 1 heterocycles. The molecular formula is C18H16Cl2N2O2. The number of aryl methyl sites for hydroxylation is 2. The highest BCUT2D eigenvalue weighted by Crippen LogP contribution is 2.33. The predicted octanol–water partition coefficient (Wildman–Crippen LogP) is 5.37. The SMILES string of the molecule is Cc1ccc(Nc2c(C(=O)O)cnc3c(C)c(Cl)ccc23)cc1.Cl. The zero-order valence-corrected chi connectivity index (χ0v) is 14.7. The number of halogens is 2. The van der Waals surface area contributed by atoms with E-state index in [-0.39, 0.29) is 18.0 Å². The van der Waals surface area contributed by atoms with Gasteiger partial charge in [-0.15, -0.1) is 12.4 Å². The number of aromatic carboxylic acids is 1. The minimum atomic E-state index is -1.03. The topological polar surface area (TPSA) is 62.2 Å². The Kier molecular flexibility index (Phi) is 5.32. The van der Waals surface area contributed by atoms with Gasteiger partial charge >= 0.3 is 5.97 Å². The average Bonchev–Trinajstić information content (AvgIpc) is 2.53. The third kappa shape index (κ3) is 3.30. The summed E-state index contributed by atoms with van der Waals surface area (Å²) in [6, 6.07) is 11.3. The zero-order chi connectivity index (χ0) is 16.6. The van der Waals surface area contributed by atoms with Crippen molar-refractivity contribution in [3.05, 3.63) is 64.3 Å². The van der Waals surface area contributed by atoms with E-state index in [9.17, 15) is 9.90 Å². The van der Waals surface area contributed by atoms with Gasteiger partial charge in [0.1, 0.15) is 5.56 Å². The van der Waals surface area contributed by atoms with E-state index in [0.29, 0.717) is 16.2 Å². The number of carboxylic acid groups (broad SMARTS) is 1. The molecule has 0 bridgehead atoms. The molecule has 3 aromatic rings. The summed E-state index contributed by atoms with van der Waals surface area (Å²) in [5.41, 5.74) is 4.12. The molecule has 0 aliphatic heterocycles. The van der Waals surface area contributed by atoms with Crippen molar-refractivity contribution < 1.29 is 9.90 Å². The lowest BCUT2D eigenvalue weighted by Gasteiger charge is -2.14. The van der Waals surface area contributed by atoms with Gasteiger partial charge in [-0.2, -0.15) is 0 Å². The second-order valence-electron chi connectivity index (χ2n) is 5.41. The number of hydrogen-bond donors (Lipinski definition) is 2. The quantitative estimate of drug-likeness (QED) is 0.657. The van der Waals surface area contributed by atoms with Crippen molar-refractivity contribution in [2.45, 2.75) is 13.8 Å². The molecule has 2 aromatic carbocycles. The highest BCUT2D eigenvalue weighted by molar-refractivity contribution is 6.32. The van der Waals surface area contributed by atoms with Gasteiger partial charge < -0.3 is 10.4 Å². The Morgan fingerprint density at radius 2 is 1.79 bits per heavy atom. The molecule has 3 rings (SSSR count). The Morgan fingerprint density at radius 1 is 1.12 bits per heavy atom. The Morgan fingerprint density at radius 3 is 2.42 bits per heavy atom. The monoisotopic (exact) mass is 362 g/mol. The van der Waals surface area contributed by atoms with Crippen LogP contribution < -0.4 is 5.32 Å². The van der Waals surface area contributed by atoms with Crippen LogP contribution in [0.4, 0.5) is 11.4 Å². The molecule has 0 amide bonds. The van der Waals surface area contributed by atoms with E-state index in [1.165, 1.54) is 6.20 Å². The van der Waals surface area contributed by atoms with Crippen LogP contribution in [0.15, 0.2) is 42.6 Å². The summed E-state index contributed by atoms with van der Waals surface area (Å²) in [5.74, 6) is -1.03. The molecule has 0 radical (unpaired) electrons. The Labute approximate surface area is 150 Å². The summed E-state index contributed by atoms with van der Waals surface area (Å²) in [4.78, 5) is 15.8. The van der Waals surface area contributed by atoms with Crippen molar-refractivity contribution in [3.8, 4) is 0 Å². The second-order valence-corrected chi connectivity index (χ2v) is 5.82. The molecule has 0 aliphatic carbocycles. The fourth-order valence-corrected chi connectivity index (χ4v) is 2.61. The molecule has 4 nitrogen and oxygen atoms in total. The summed E-state index contributed by atoms with van der Waals surface area (Å²) >= 11 is 6.14. The number of nitrogens with one attached hydrogen (secondary N) is 1. The molecule has 24 heavy (non-hydrogen) atoms. The first-order valence-corrected chi connectivity index (χ1v) is 7.50. The van der Waals surface area contributed by atoms with Crippen LogP contribution in [-0.4, -0.2) is 16.1 Å². The number of fused-ring (bicyclic) bond motifs is 1. The number of carbonyl (C=O) groups is 1. The first-order valence-electron chi connectivity index (χ1n) is 7.12. The highest BCUT2D eigenvalue weighted by atomic mass is 35.5. The van der Waals surface area contributed by atoms with E-state index in [1.54, 1.807) is 12.1 Å². The van der Waals surface area contributed by atoms with Crippen LogP contribution in [0, 0.1) is 13.8 Å². The molecule has 0 saturated carbocycles. The number of benzene rings is 2. The largest absolute Gasteiger partial charge is 0.478 e. The first-order chi connectivity index (χ1) is 11.0.